The van der Waals surface area contributed by atoms with Crippen molar-refractivity contribution in [1.29, 1.82) is 0 Å². The maximum absolute atomic E-state index is 11.2. The lowest BCUT2D eigenvalue weighted by Crippen LogP contribution is -2.51. The molecule has 4 N–H and O–H groups in total. The van der Waals surface area contributed by atoms with Crippen molar-refractivity contribution in [2.45, 2.75) is 32.4 Å². The number of piperidine rings is 1. The summed E-state index contributed by atoms with van der Waals surface area (Å²) in [6.45, 7) is 5.00. The fourth-order valence-electron chi connectivity index (χ4n) is 3.40. The van der Waals surface area contributed by atoms with Gasteiger partial charge in [-0.15, -0.1) is 0 Å². The first kappa shape index (κ1) is 20.6. The van der Waals surface area contributed by atoms with Crippen LogP contribution in [-0.2, 0) is 6.54 Å². The van der Waals surface area contributed by atoms with Crippen LogP contribution in [0.1, 0.15) is 36.1 Å². The second-order valence-electron chi connectivity index (χ2n) is 6.96. The van der Waals surface area contributed by atoms with E-state index in [2.05, 4.69) is 32.7 Å². The van der Waals surface area contributed by atoms with Crippen LogP contribution in [0.4, 0.5) is 5.69 Å². The van der Waals surface area contributed by atoms with Crippen molar-refractivity contribution in [2.24, 2.45) is 10.7 Å². The molecule has 0 saturated carbocycles. The highest BCUT2D eigenvalue weighted by Gasteiger charge is 2.21. The van der Waals surface area contributed by atoms with Crippen molar-refractivity contribution in [3.63, 3.8) is 0 Å². The van der Waals surface area contributed by atoms with Gasteiger partial charge in [0, 0.05) is 37.4 Å². The summed E-state index contributed by atoms with van der Waals surface area (Å²) in [5.41, 5.74) is 6.39. The van der Waals surface area contributed by atoms with Gasteiger partial charge in [0.15, 0.2) is 11.7 Å². The molecule has 2 aromatic rings. The van der Waals surface area contributed by atoms with Crippen molar-refractivity contribution < 1.29 is 13.9 Å². The van der Waals surface area contributed by atoms with Gasteiger partial charge in [-0.3, -0.25) is 4.79 Å². The van der Waals surface area contributed by atoms with Crippen LogP contribution in [0, 0.1) is 0 Å². The van der Waals surface area contributed by atoms with E-state index >= 15 is 0 Å². The van der Waals surface area contributed by atoms with Crippen molar-refractivity contribution in [2.75, 3.05) is 31.6 Å². The topological polar surface area (TPSA) is 105 Å². The number of hydrogen-bond donors (Lipinski definition) is 3. The van der Waals surface area contributed by atoms with Crippen molar-refractivity contribution in [3.8, 4) is 5.75 Å². The summed E-state index contributed by atoms with van der Waals surface area (Å²) in [6, 6.07) is 11.7. The molecule has 0 spiro atoms. The molecule has 1 atom stereocenters. The van der Waals surface area contributed by atoms with E-state index in [4.69, 9.17) is 14.9 Å². The SMILES string of the molecule is CCNC(=NCc1ccc(C(N)=O)o1)NC1CCCN(c2cccc(OC)c2)C1. The number of benzene rings is 1. The zero-order chi connectivity index (χ0) is 20.6. The van der Waals surface area contributed by atoms with Crippen molar-refractivity contribution in [1.82, 2.24) is 10.6 Å². The number of nitrogens with two attached hydrogens (primary N) is 1. The Morgan fingerprint density at radius 1 is 1.38 bits per heavy atom. The number of aliphatic imine (C=N–C) groups is 1. The van der Waals surface area contributed by atoms with Crippen molar-refractivity contribution >= 4 is 17.6 Å². The predicted molar refractivity (Wildman–Crippen MR) is 113 cm³/mol. The number of furan rings is 1. The largest absolute Gasteiger partial charge is 0.497 e. The van der Waals surface area contributed by atoms with Gasteiger partial charge in [0.25, 0.3) is 5.91 Å². The number of methoxy groups -OCH3 is 1. The third-order valence-corrected chi connectivity index (χ3v) is 4.82. The molecule has 2 heterocycles. The summed E-state index contributed by atoms with van der Waals surface area (Å²) in [4.78, 5) is 18.1. The number of guanidine groups is 1. The molecule has 3 rings (SSSR count). The minimum Gasteiger partial charge on any atom is -0.497 e. The zero-order valence-corrected chi connectivity index (χ0v) is 17.0. The maximum Gasteiger partial charge on any atom is 0.284 e. The molecule has 1 unspecified atom stereocenters. The van der Waals surface area contributed by atoms with Gasteiger partial charge in [-0.1, -0.05) is 6.07 Å². The van der Waals surface area contributed by atoms with Gasteiger partial charge >= 0.3 is 0 Å². The lowest BCUT2D eigenvalue weighted by atomic mass is 10.0. The normalized spacial score (nSPS) is 17.1. The lowest BCUT2D eigenvalue weighted by Gasteiger charge is -2.35. The average Bonchev–Trinajstić information content (AvgIpc) is 3.22. The number of anilines is 1. The molecule has 1 amide bonds. The van der Waals surface area contributed by atoms with Gasteiger partial charge in [0.05, 0.1) is 7.11 Å². The minimum absolute atomic E-state index is 0.148. The Morgan fingerprint density at radius 3 is 2.97 bits per heavy atom. The molecule has 29 heavy (non-hydrogen) atoms. The highest BCUT2D eigenvalue weighted by atomic mass is 16.5. The smallest absolute Gasteiger partial charge is 0.284 e. The molecule has 0 bridgehead atoms. The Morgan fingerprint density at radius 2 is 2.24 bits per heavy atom. The molecule has 1 aliphatic rings. The summed E-state index contributed by atoms with van der Waals surface area (Å²) < 4.78 is 10.8. The lowest BCUT2D eigenvalue weighted by molar-refractivity contribution is 0.0972. The number of carbonyl (C=O) groups is 1. The standard InChI is InChI=1S/C21H29N5O3/c1-3-23-21(24-13-18-9-10-19(29-18)20(22)27)25-15-6-5-11-26(14-15)16-7-4-8-17(12-16)28-2/h4,7-10,12,15H,3,5-6,11,13-14H2,1-2H3,(H2,22,27)(H2,23,24,25). The van der Waals surface area contributed by atoms with Crippen LogP contribution in [0.3, 0.4) is 0 Å². The number of primary amides is 1. The first-order valence-corrected chi connectivity index (χ1v) is 9.91. The van der Waals surface area contributed by atoms with Gasteiger partial charge in [0.2, 0.25) is 0 Å². The fourth-order valence-corrected chi connectivity index (χ4v) is 3.40. The summed E-state index contributed by atoms with van der Waals surface area (Å²) >= 11 is 0. The van der Waals surface area contributed by atoms with E-state index in [1.54, 1.807) is 19.2 Å². The fraction of sp³-hybridized carbons (Fsp3) is 0.429. The molecule has 1 aliphatic heterocycles. The monoisotopic (exact) mass is 399 g/mol. The van der Waals surface area contributed by atoms with E-state index in [-0.39, 0.29) is 11.8 Å². The van der Waals surface area contributed by atoms with Crippen LogP contribution >= 0.6 is 0 Å². The van der Waals surface area contributed by atoms with E-state index in [1.165, 1.54) is 0 Å². The molecule has 1 saturated heterocycles. The van der Waals surface area contributed by atoms with E-state index in [9.17, 15) is 4.79 Å². The van der Waals surface area contributed by atoms with Crippen LogP contribution in [0.2, 0.25) is 0 Å². The van der Waals surface area contributed by atoms with Gasteiger partial charge in [-0.05, 0) is 44.0 Å². The molecule has 8 nitrogen and oxygen atoms in total. The van der Waals surface area contributed by atoms with Crippen molar-refractivity contribution in [3.05, 3.63) is 47.9 Å². The Hall–Kier alpha value is -3.16. The Bertz CT molecular complexity index is 848. The van der Waals surface area contributed by atoms with E-state index in [0.29, 0.717) is 12.3 Å². The van der Waals surface area contributed by atoms with Gasteiger partial charge < -0.3 is 30.4 Å². The highest BCUT2D eigenvalue weighted by Crippen LogP contribution is 2.24. The molecule has 1 aromatic carbocycles. The first-order valence-electron chi connectivity index (χ1n) is 9.91. The number of rotatable bonds is 7. The number of nitrogens with zero attached hydrogens (tertiary/aromatic N) is 2. The zero-order valence-electron chi connectivity index (χ0n) is 17.0. The highest BCUT2D eigenvalue weighted by molar-refractivity contribution is 5.89. The third-order valence-electron chi connectivity index (χ3n) is 4.82. The molecule has 156 valence electrons. The summed E-state index contributed by atoms with van der Waals surface area (Å²) in [5.74, 6) is 1.75. The second kappa shape index (κ2) is 9.86. The van der Waals surface area contributed by atoms with E-state index in [1.807, 2.05) is 19.1 Å². The third kappa shape index (κ3) is 5.66. The molecule has 0 aliphatic carbocycles. The predicted octanol–water partition coefficient (Wildman–Crippen LogP) is 2.11. The van der Waals surface area contributed by atoms with Crippen LogP contribution in [0.5, 0.6) is 5.75 Å². The Balaban J connectivity index is 1.63. The van der Waals surface area contributed by atoms with E-state index < -0.39 is 5.91 Å². The first-order chi connectivity index (χ1) is 14.1. The average molecular weight is 399 g/mol. The van der Waals surface area contributed by atoms with E-state index in [0.717, 1.165) is 49.9 Å². The molecule has 8 heteroatoms. The number of amides is 1. The second-order valence-corrected chi connectivity index (χ2v) is 6.96. The van der Waals surface area contributed by atoms with Gasteiger partial charge in [0.1, 0.15) is 18.1 Å². The van der Waals surface area contributed by atoms with Crippen LogP contribution in [0.25, 0.3) is 0 Å². The summed E-state index contributed by atoms with van der Waals surface area (Å²) in [6.07, 6.45) is 2.16. The Labute approximate surface area is 171 Å². The minimum atomic E-state index is -0.579. The summed E-state index contributed by atoms with van der Waals surface area (Å²) in [7, 11) is 1.68. The molecule has 0 radical (unpaired) electrons. The van der Waals surface area contributed by atoms with Crippen LogP contribution < -0.4 is 26.0 Å². The number of hydrogen-bond acceptors (Lipinski definition) is 5. The molecule has 1 aromatic heterocycles. The number of carbonyl (C=O) groups excluding carboxylic acids is 1. The van der Waals surface area contributed by atoms with Gasteiger partial charge in [-0.25, -0.2) is 4.99 Å². The maximum atomic E-state index is 11.2. The Kier molecular flexibility index (Phi) is 6.99. The van der Waals surface area contributed by atoms with Crippen LogP contribution in [-0.4, -0.2) is 44.7 Å². The summed E-state index contributed by atoms with van der Waals surface area (Å²) in [5, 5.41) is 6.79. The number of ether oxygens (including phenoxy) is 1. The van der Waals surface area contributed by atoms with Gasteiger partial charge in [-0.2, -0.15) is 0 Å². The van der Waals surface area contributed by atoms with Crippen LogP contribution in [0.15, 0.2) is 45.8 Å². The molecular weight excluding hydrogens is 370 g/mol. The molecular formula is C21H29N5O3. The number of nitrogens with one attached hydrogen (secondary N) is 2. The molecule has 1 fully saturated rings. The quantitative estimate of drug-likeness (QED) is 0.486.